The summed E-state index contributed by atoms with van der Waals surface area (Å²) in [5.74, 6) is 1.02. The highest BCUT2D eigenvalue weighted by molar-refractivity contribution is 6.04. The predicted molar refractivity (Wildman–Crippen MR) is 158 cm³/mol. The Bertz CT molecular complexity index is 1950. The van der Waals surface area contributed by atoms with Gasteiger partial charge in [-0.15, -0.1) is 0 Å². The van der Waals surface area contributed by atoms with Crippen molar-refractivity contribution in [3.8, 4) is 11.3 Å². The van der Waals surface area contributed by atoms with Gasteiger partial charge in [-0.2, -0.15) is 18.2 Å². The minimum Gasteiger partial charge on any atom is -0.382 e. The number of imidazole rings is 1. The molecule has 1 saturated heterocycles. The second kappa shape index (κ2) is 11.2. The van der Waals surface area contributed by atoms with Gasteiger partial charge in [0.1, 0.15) is 28.7 Å². The molecule has 3 N–H and O–H groups in total. The lowest BCUT2D eigenvalue weighted by Crippen LogP contribution is -2.40. The fraction of sp³-hybridized carbons (Fsp3) is 0.323. The van der Waals surface area contributed by atoms with Crippen molar-refractivity contribution >= 4 is 29.0 Å². The minimum atomic E-state index is -4.56. The van der Waals surface area contributed by atoms with Crippen molar-refractivity contribution < 1.29 is 27.3 Å². The summed E-state index contributed by atoms with van der Waals surface area (Å²) in [6.45, 7) is 2.90. The molecule has 0 spiro atoms. The van der Waals surface area contributed by atoms with Crippen molar-refractivity contribution in [2.45, 2.75) is 44.2 Å². The second-order valence-corrected chi connectivity index (χ2v) is 11.6. The number of nitrogens with zero attached hydrogens (tertiary/aromatic N) is 7. The summed E-state index contributed by atoms with van der Waals surface area (Å²) in [5.41, 5.74) is 7.46. The quantitative estimate of drug-likeness (QED) is 0.267. The molecule has 1 aliphatic carbocycles. The Balaban J connectivity index is 1.11. The van der Waals surface area contributed by atoms with Gasteiger partial charge in [0.25, 0.3) is 5.91 Å². The first kappa shape index (κ1) is 29.4. The number of aryl methyl sites for hydroxylation is 1. The number of hydrogen-bond donors (Lipinski definition) is 2. The minimum absolute atomic E-state index is 0.0508. The zero-order valence-electron chi connectivity index (χ0n) is 24.5. The maximum atomic E-state index is 13.4. The number of benzene rings is 1. The van der Waals surface area contributed by atoms with Crippen molar-refractivity contribution in [1.29, 1.82) is 0 Å². The summed E-state index contributed by atoms with van der Waals surface area (Å²) >= 11 is 0. The Labute approximate surface area is 259 Å². The second-order valence-electron chi connectivity index (χ2n) is 11.6. The number of hydrogen-bond acceptors (Lipinski definition) is 9. The summed E-state index contributed by atoms with van der Waals surface area (Å²) in [5, 5.41) is 6.26. The Morgan fingerprint density at radius 2 is 1.89 bits per heavy atom. The number of nitrogen functional groups attached to an aromatic ring is 1. The highest BCUT2D eigenvalue weighted by Gasteiger charge is 2.50. The van der Waals surface area contributed by atoms with Crippen LogP contribution in [0, 0.1) is 12.8 Å². The van der Waals surface area contributed by atoms with E-state index >= 15 is 0 Å². The van der Waals surface area contributed by atoms with E-state index in [9.17, 15) is 22.8 Å². The van der Waals surface area contributed by atoms with Crippen molar-refractivity contribution in [3.05, 3.63) is 83.7 Å². The third kappa shape index (κ3) is 5.52. The number of halogens is 3. The van der Waals surface area contributed by atoms with Crippen molar-refractivity contribution in [2.75, 3.05) is 24.1 Å². The summed E-state index contributed by atoms with van der Waals surface area (Å²) in [4.78, 5) is 45.5. The van der Waals surface area contributed by atoms with Gasteiger partial charge >= 0.3 is 6.18 Å². The van der Waals surface area contributed by atoms with E-state index in [0.717, 1.165) is 37.0 Å². The molecule has 1 aliphatic heterocycles. The molecule has 1 saturated carbocycles. The molecule has 0 radical (unpaired) electrons. The summed E-state index contributed by atoms with van der Waals surface area (Å²) < 4.78 is 46.4. The van der Waals surface area contributed by atoms with Crippen LogP contribution in [-0.2, 0) is 11.0 Å². The zero-order valence-corrected chi connectivity index (χ0v) is 24.5. The molecule has 2 fully saturated rings. The van der Waals surface area contributed by atoms with Gasteiger partial charge in [0, 0.05) is 48.7 Å². The third-order valence-corrected chi connectivity index (χ3v) is 8.43. The Hall–Kier alpha value is -5.34. The first-order chi connectivity index (χ1) is 22.1. The molecular weight excluding hydrogens is 603 g/mol. The number of amides is 2. The highest BCUT2D eigenvalue weighted by atomic mass is 19.4. The number of likely N-dealkylation sites (tertiary alicyclic amines) is 1. The Morgan fingerprint density at radius 1 is 1.09 bits per heavy atom. The molecule has 46 heavy (non-hydrogen) atoms. The number of alkyl halides is 3. The van der Waals surface area contributed by atoms with Gasteiger partial charge in [-0.25, -0.2) is 15.0 Å². The van der Waals surface area contributed by atoms with Crippen LogP contribution >= 0.6 is 0 Å². The van der Waals surface area contributed by atoms with E-state index in [1.807, 2.05) is 9.30 Å². The number of aromatic nitrogens is 6. The molecule has 1 aromatic carbocycles. The van der Waals surface area contributed by atoms with Crippen LogP contribution < -0.4 is 11.1 Å². The van der Waals surface area contributed by atoms with Crippen LogP contribution in [0.4, 0.5) is 24.8 Å². The molecule has 236 valence electrons. The first-order valence-electron chi connectivity index (χ1n) is 14.7. The van der Waals surface area contributed by atoms with Crippen molar-refractivity contribution in [3.63, 3.8) is 0 Å². The van der Waals surface area contributed by atoms with Crippen molar-refractivity contribution in [2.24, 2.45) is 5.92 Å². The van der Waals surface area contributed by atoms with Gasteiger partial charge in [-0.05, 0) is 50.5 Å². The van der Waals surface area contributed by atoms with E-state index in [0.29, 0.717) is 48.0 Å². The van der Waals surface area contributed by atoms with E-state index in [1.165, 1.54) is 0 Å². The highest BCUT2D eigenvalue weighted by Crippen LogP contribution is 2.48. The number of nitrogens with two attached hydrogens (primary N) is 1. The Morgan fingerprint density at radius 3 is 2.63 bits per heavy atom. The average Bonchev–Trinajstić information content (AvgIpc) is 3.56. The van der Waals surface area contributed by atoms with Crippen LogP contribution in [-0.4, -0.2) is 59.3 Å². The molecule has 12 nitrogen and oxygen atoms in total. The molecule has 15 heteroatoms. The van der Waals surface area contributed by atoms with Gasteiger partial charge in [-0.1, -0.05) is 17.3 Å². The average molecular weight is 632 g/mol. The normalized spacial score (nSPS) is 19.7. The predicted octanol–water partition coefficient (Wildman–Crippen LogP) is 4.85. The topological polar surface area (TPSA) is 157 Å². The molecule has 4 aromatic heterocycles. The SMILES string of the molecule is Cc1noc([C@H]2C[C@@H]2C(=O)N2CCC[C@@H](c3nc(-c4ccc(C(=O)Nc5cc(C(F)(F)F)ccn5)cc4)c4c(N)nccn34)C2)n1. The fourth-order valence-electron chi connectivity index (χ4n) is 6.05. The van der Waals surface area contributed by atoms with E-state index in [-0.39, 0.29) is 40.9 Å². The first-order valence-corrected chi connectivity index (χ1v) is 14.7. The zero-order chi connectivity index (χ0) is 32.2. The van der Waals surface area contributed by atoms with Gasteiger partial charge in [0.15, 0.2) is 5.82 Å². The number of fused-ring (bicyclic) bond motifs is 1. The smallest absolute Gasteiger partial charge is 0.382 e. The lowest BCUT2D eigenvalue weighted by atomic mass is 9.96. The lowest BCUT2D eigenvalue weighted by Gasteiger charge is -2.32. The molecule has 0 unspecified atom stereocenters. The number of rotatable bonds is 6. The number of nitrogens with one attached hydrogen (secondary N) is 1. The van der Waals surface area contributed by atoms with E-state index < -0.39 is 17.6 Å². The largest absolute Gasteiger partial charge is 0.416 e. The van der Waals surface area contributed by atoms with Crippen molar-refractivity contribution in [1.82, 2.24) is 34.4 Å². The van der Waals surface area contributed by atoms with Crippen LogP contribution in [0.5, 0.6) is 0 Å². The summed E-state index contributed by atoms with van der Waals surface area (Å²) in [6.07, 6.45) is 2.13. The summed E-state index contributed by atoms with van der Waals surface area (Å²) in [7, 11) is 0. The summed E-state index contributed by atoms with van der Waals surface area (Å²) in [6, 6.07) is 8.09. The van der Waals surface area contributed by atoms with E-state index in [4.69, 9.17) is 15.2 Å². The molecule has 0 bridgehead atoms. The maximum absolute atomic E-state index is 13.4. The number of carbonyl (C=O) groups excluding carboxylic acids is 2. The fourth-order valence-corrected chi connectivity index (χ4v) is 6.05. The molecule has 3 atom stereocenters. The monoisotopic (exact) mass is 631 g/mol. The standard InChI is InChI=1S/C31H28F3N9O3/c1-16-38-29(46-41-16)21-14-22(21)30(45)42-11-2-3-19(15-42)27-40-24(25-26(35)37-10-12-43(25)27)17-4-6-18(7-5-17)28(44)39-23-13-20(8-9-36-23)31(32,33)34/h4-10,12-13,19,21-22H,2-3,11,14-15H2,1H3,(H2,35,37)(H,36,39,44)/t19-,21+,22+/m1/s1. The van der Waals surface area contributed by atoms with E-state index in [1.54, 1.807) is 43.6 Å². The molecule has 5 aromatic rings. The van der Waals surface area contributed by atoms with Crippen LogP contribution in [0.3, 0.4) is 0 Å². The number of carbonyl (C=O) groups is 2. The number of anilines is 2. The molecule has 2 amide bonds. The third-order valence-electron chi connectivity index (χ3n) is 8.43. The van der Waals surface area contributed by atoms with Crippen LogP contribution in [0.25, 0.3) is 16.8 Å². The molecule has 2 aliphatic rings. The van der Waals surface area contributed by atoms with Gasteiger partial charge < -0.3 is 20.5 Å². The maximum Gasteiger partial charge on any atom is 0.416 e. The lowest BCUT2D eigenvalue weighted by molar-refractivity contribution is -0.137. The van der Waals surface area contributed by atoms with E-state index in [2.05, 4.69) is 25.4 Å². The van der Waals surface area contributed by atoms with Gasteiger partial charge in [-0.3, -0.25) is 14.0 Å². The van der Waals surface area contributed by atoms with Gasteiger partial charge in [0.05, 0.1) is 17.4 Å². The molecule has 5 heterocycles. The van der Waals surface area contributed by atoms with Crippen LogP contribution in [0.1, 0.15) is 64.6 Å². The van der Waals surface area contributed by atoms with Crippen LogP contribution in [0.2, 0.25) is 0 Å². The number of piperidine rings is 1. The molecular formula is C31H28F3N9O3. The molecule has 7 rings (SSSR count). The number of pyridine rings is 1. The van der Waals surface area contributed by atoms with Gasteiger partial charge in [0.2, 0.25) is 11.8 Å². The Kier molecular flexibility index (Phi) is 7.17. The van der Waals surface area contributed by atoms with Crippen LogP contribution in [0.15, 0.2) is 59.5 Å².